The van der Waals surface area contributed by atoms with Crippen molar-refractivity contribution >= 4 is 28.3 Å². The average molecular weight is 325 g/mol. The number of rotatable bonds is 5. The third-order valence-corrected chi connectivity index (χ3v) is 4.83. The second-order valence-corrected chi connectivity index (χ2v) is 6.26. The molecule has 2 N–H and O–H groups in total. The van der Waals surface area contributed by atoms with Crippen LogP contribution in [-0.4, -0.2) is 47.3 Å². The van der Waals surface area contributed by atoms with Crippen molar-refractivity contribution in [1.29, 1.82) is 0 Å². The first kappa shape index (κ1) is 16.5. The lowest BCUT2D eigenvalue weighted by molar-refractivity contribution is 0.0558. The Labute approximate surface area is 142 Å². The summed E-state index contributed by atoms with van der Waals surface area (Å²) < 4.78 is 0. The van der Waals surface area contributed by atoms with E-state index in [4.69, 9.17) is 5.73 Å². The molecule has 0 saturated carbocycles. The molecule has 0 aromatic heterocycles. The Hall–Kier alpha value is -2.40. The van der Waals surface area contributed by atoms with E-state index in [2.05, 4.69) is 18.7 Å². The number of amides is 2. The molecule has 0 aliphatic carbocycles. The molecule has 24 heavy (non-hydrogen) atoms. The maximum absolute atomic E-state index is 12.9. The number of benzene rings is 2. The summed E-state index contributed by atoms with van der Waals surface area (Å²) >= 11 is 0. The molecule has 1 atom stereocenters. The SMILES string of the molecule is CCN(CC)C(C)CN1C(=O)c2cccc3cc(N)cc(c23)C1=O. The lowest BCUT2D eigenvalue weighted by atomic mass is 9.93. The third kappa shape index (κ3) is 2.55. The Balaban J connectivity index is 2.04. The van der Waals surface area contributed by atoms with Crippen LogP contribution in [-0.2, 0) is 0 Å². The molecule has 3 rings (SSSR count). The summed E-state index contributed by atoms with van der Waals surface area (Å²) in [5.74, 6) is -0.475. The van der Waals surface area contributed by atoms with Gasteiger partial charge >= 0.3 is 0 Å². The van der Waals surface area contributed by atoms with Gasteiger partial charge in [-0.15, -0.1) is 0 Å². The number of likely N-dealkylation sites (N-methyl/N-ethyl adjacent to an activating group) is 1. The lowest BCUT2D eigenvalue weighted by Gasteiger charge is -2.33. The first-order chi connectivity index (χ1) is 11.5. The van der Waals surface area contributed by atoms with Crippen LogP contribution < -0.4 is 5.73 Å². The van der Waals surface area contributed by atoms with E-state index in [-0.39, 0.29) is 17.9 Å². The van der Waals surface area contributed by atoms with Crippen molar-refractivity contribution in [3.05, 3.63) is 41.5 Å². The van der Waals surface area contributed by atoms with Gasteiger partial charge in [0.15, 0.2) is 0 Å². The van der Waals surface area contributed by atoms with E-state index in [1.54, 1.807) is 18.2 Å². The predicted octanol–water partition coefficient (Wildman–Crippen LogP) is 2.75. The van der Waals surface area contributed by atoms with Gasteiger partial charge in [-0.25, -0.2) is 0 Å². The molecule has 2 amide bonds. The summed E-state index contributed by atoms with van der Waals surface area (Å²) in [5.41, 5.74) is 7.58. The highest BCUT2D eigenvalue weighted by Gasteiger charge is 2.34. The Morgan fingerprint density at radius 1 is 1.08 bits per heavy atom. The van der Waals surface area contributed by atoms with E-state index in [0.717, 1.165) is 18.5 Å². The molecule has 1 aliphatic heterocycles. The van der Waals surface area contributed by atoms with Crippen LogP contribution in [0.3, 0.4) is 0 Å². The molecule has 1 unspecified atom stereocenters. The van der Waals surface area contributed by atoms with Gasteiger partial charge in [-0.3, -0.25) is 19.4 Å². The molecular formula is C19H23N3O2. The Bertz CT molecular complexity index is 812. The van der Waals surface area contributed by atoms with E-state index in [9.17, 15) is 9.59 Å². The van der Waals surface area contributed by atoms with Gasteiger partial charge in [-0.05, 0) is 43.6 Å². The number of imide groups is 1. The van der Waals surface area contributed by atoms with Crippen molar-refractivity contribution in [3.8, 4) is 0 Å². The number of nitrogens with zero attached hydrogens (tertiary/aromatic N) is 2. The quantitative estimate of drug-likeness (QED) is 0.678. The average Bonchev–Trinajstić information content (AvgIpc) is 2.57. The van der Waals surface area contributed by atoms with Gasteiger partial charge in [0.25, 0.3) is 11.8 Å². The highest BCUT2D eigenvalue weighted by Crippen LogP contribution is 2.32. The minimum absolute atomic E-state index is 0.106. The van der Waals surface area contributed by atoms with Crippen molar-refractivity contribution in [2.45, 2.75) is 26.8 Å². The maximum atomic E-state index is 12.9. The van der Waals surface area contributed by atoms with Crippen LogP contribution in [0.1, 0.15) is 41.5 Å². The summed E-state index contributed by atoms with van der Waals surface area (Å²) in [6, 6.07) is 9.09. The van der Waals surface area contributed by atoms with Crippen molar-refractivity contribution in [2.24, 2.45) is 0 Å². The highest BCUT2D eigenvalue weighted by atomic mass is 16.2. The zero-order chi connectivity index (χ0) is 17.4. The van der Waals surface area contributed by atoms with Crippen molar-refractivity contribution in [2.75, 3.05) is 25.4 Å². The number of hydrogen-bond acceptors (Lipinski definition) is 4. The Morgan fingerprint density at radius 3 is 2.42 bits per heavy atom. The first-order valence-corrected chi connectivity index (χ1v) is 8.40. The molecule has 0 bridgehead atoms. The van der Waals surface area contributed by atoms with E-state index < -0.39 is 0 Å². The normalized spacial score (nSPS) is 15.4. The van der Waals surface area contributed by atoms with E-state index >= 15 is 0 Å². The molecule has 1 heterocycles. The van der Waals surface area contributed by atoms with Crippen molar-refractivity contribution in [3.63, 3.8) is 0 Å². The van der Waals surface area contributed by atoms with E-state index in [0.29, 0.717) is 28.7 Å². The van der Waals surface area contributed by atoms with Gasteiger partial charge in [0.05, 0.1) is 5.56 Å². The van der Waals surface area contributed by atoms with Crippen molar-refractivity contribution < 1.29 is 9.59 Å². The molecule has 0 spiro atoms. The van der Waals surface area contributed by atoms with Crippen LogP contribution >= 0.6 is 0 Å². The van der Waals surface area contributed by atoms with Crippen LogP contribution in [0.25, 0.3) is 10.8 Å². The number of carbonyl (C=O) groups excluding carboxylic acids is 2. The van der Waals surface area contributed by atoms with Crippen LogP contribution in [0, 0.1) is 0 Å². The zero-order valence-corrected chi connectivity index (χ0v) is 14.4. The van der Waals surface area contributed by atoms with Crippen LogP contribution in [0.5, 0.6) is 0 Å². The van der Waals surface area contributed by atoms with E-state index in [1.165, 1.54) is 4.90 Å². The maximum Gasteiger partial charge on any atom is 0.261 e. The van der Waals surface area contributed by atoms with Crippen LogP contribution in [0.15, 0.2) is 30.3 Å². The molecule has 0 saturated heterocycles. The minimum Gasteiger partial charge on any atom is -0.399 e. The molecule has 1 aliphatic rings. The summed E-state index contributed by atoms with van der Waals surface area (Å²) in [7, 11) is 0. The molecular weight excluding hydrogens is 302 g/mol. The number of nitrogen functional groups attached to an aromatic ring is 1. The van der Waals surface area contributed by atoms with Gasteiger partial charge in [0, 0.05) is 29.2 Å². The summed E-state index contributed by atoms with van der Waals surface area (Å²) in [6.45, 7) is 8.35. The van der Waals surface area contributed by atoms with E-state index in [1.807, 2.05) is 19.1 Å². The number of anilines is 1. The zero-order valence-electron chi connectivity index (χ0n) is 14.4. The van der Waals surface area contributed by atoms with Crippen LogP contribution in [0.4, 0.5) is 5.69 Å². The largest absolute Gasteiger partial charge is 0.399 e. The fourth-order valence-corrected chi connectivity index (χ4v) is 3.57. The molecule has 5 nitrogen and oxygen atoms in total. The van der Waals surface area contributed by atoms with Gasteiger partial charge in [-0.1, -0.05) is 26.0 Å². The second kappa shape index (κ2) is 6.24. The monoisotopic (exact) mass is 325 g/mol. The molecule has 5 heteroatoms. The van der Waals surface area contributed by atoms with Crippen LogP contribution in [0.2, 0.25) is 0 Å². The standard InChI is InChI=1S/C19H23N3O2/c1-4-21(5-2)12(3)11-22-18(23)15-8-6-7-13-9-14(20)10-16(17(13)15)19(22)24/h6-10,12H,4-5,11,20H2,1-3H3. The first-order valence-electron chi connectivity index (χ1n) is 8.40. The van der Waals surface area contributed by atoms with Crippen molar-refractivity contribution in [1.82, 2.24) is 9.80 Å². The Morgan fingerprint density at radius 2 is 1.75 bits per heavy atom. The number of hydrogen-bond donors (Lipinski definition) is 1. The van der Waals surface area contributed by atoms with Gasteiger partial charge in [-0.2, -0.15) is 0 Å². The number of carbonyl (C=O) groups is 2. The molecule has 126 valence electrons. The highest BCUT2D eigenvalue weighted by molar-refractivity contribution is 6.25. The molecule has 0 fully saturated rings. The summed E-state index contributed by atoms with van der Waals surface area (Å²) in [6.07, 6.45) is 0. The Kier molecular flexibility index (Phi) is 4.28. The van der Waals surface area contributed by atoms with Gasteiger partial charge in [0.1, 0.15) is 0 Å². The molecule has 2 aromatic rings. The lowest BCUT2D eigenvalue weighted by Crippen LogP contribution is -2.48. The van der Waals surface area contributed by atoms with Gasteiger partial charge < -0.3 is 5.73 Å². The topological polar surface area (TPSA) is 66.6 Å². The second-order valence-electron chi connectivity index (χ2n) is 6.26. The fraction of sp³-hybridized carbons (Fsp3) is 0.368. The fourth-order valence-electron chi connectivity index (χ4n) is 3.57. The minimum atomic E-state index is -0.255. The predicted molar refractivity (Wildman–Crippen MR) is 96.1 cm³/mol. The van der Waals surface area contributed by atoms with Gasteiger partial charge in [0.2, 0.25) is 0 Å². The summed E-state index contributed by atoms with van der Waals surface area (Å²) in [4.78, 5) is 29.4. The smallest absolute Gasteiger partial charge is 0.261 e. The molecule has 2 aromatic carbocycles. The number of nitrogens with two attached hydrogens (primary N) is 1. The third-order valence-electron chi connectivity index (χ3n) is 4.83. The molecule has 0 radical (unpaired) electrons. The summed E-state index contributed by atoms with van der Waals surface area (Å²) in [5, 5.41) is 1.55.